The van der Waals surface area contributed by atoms with Crippen LogP contribution in [0.25, 0.3) is 21.5 Å². The SMILES string of the molecule is CCC(CC)CN1CC[C@@H](CNC(=O)c2ccc3cc(Br)ccc3c2)N[C@@H](CCN)C1=O.CCC(CC)CN1CC[C@@H](CNC(=O)c2ccc3cc(Cl)ccc3c2)N[C@@H](CCN)C1=O. The number of hydrogen-bond acceptors (Lipinski definition) is 8. The van der Waals surface area contributed by atoms with E-state index in [1.165, 1.54) is 0 Å². The minimum atomic E-state index is -0.302. The molecule has 64 heavy (non-hydrogen) atoms. The smallest absolute Gasteiger partial charge is 0.251 e. The summed E-state index contributed by atoms with van der Waals surface area (Å²) in [6.45, 7) is 13.5. The molecule has 2 aliphatic rings. The van der Waals surface area contributed by atoms with Crippen molar-refractivity contribution in [3.63, 3.8) is 0 Å². The molecular weight excluding hydrogens is 892 g/mol. The number of carbonyl (C=O) groups is 4. The molecule has 4 aromatic carbocycles. The van der Waals surface area contributed by atoms with Crippen LogP contribution in [-0.2, 0) is 9.59 Å². The normalized spacial score (nSPS) is 19.4. The van der Waals surface area contributed by atoms with Gasteiger partial charge in [-0.25, -0.2) is 0 Å². The van der Waals surface area contributed by atoms with E-state index < -0.39 is 0 Å². The van der Waals surface area contributed by atoms with Crippen molar-refractivity contribution in [3.05, 3.63) is 93.4 Å². The van der Waals surface area contributed by atoms with Crippen molar-refractivity contribution in [1.82, 2.24) is 31.1 Å². The van der Waals surface area contributed by atoms with Crippen LogP contribution in [-0.4, -0.2) is 110 Å². The molecule has 0 unspecified atom stereocenters. The summed E-state index contributed by atoms with van der Waals surface area (Å²) in [4.78, 5) is 55.7. The van der Waals surface area contributed by atoms with Gasteiger partial charge in [0.2, 0.25) is 11.8 Å². The monoisotopic (exact) mass is 960 g/mol. The number of fused-ring (bicyclic) bond motifs is 2. The lowest BCUT2D eigenvalue weighted by Gasteiger charge is -2.27. The van der Waals surface area contributed by atoms with E-state index in [0.717, 1.165) is 77.6 Å². The lowest BCUT2D eigenvalue weighted by Crippen LogP contribution is -2.50. The number of halogens is 2. The Labute approximate surface area is 393 Å². The third-order valence-corrected chi connectivity index (χ3v) is 13.6. The summed E-state index contributed by atoms with van der Waals surface area (Å²) >= 11 is 9.53. The van der Waals surface area contributed by atoms with Crippen LogP contribution < -0.4 is 32.7 Å². The Balaban J connectivity index is 0.000000241. The second-order valence-corrected chi connectivity index (χ2v) is 18.7. The van der Waals surface area contributed by atoms with Gasteiger partial charge in [-0.15, -0.1) is 0 Å². The highest BCUT2D eigenvalue weighted by molar-refractivity contribution is 9.10. The Bertz CT molecular complexity index is 2020. The van der Waals surface area contributed by atoms with E-state index in [9.17, 15) is 19.2 Å². The molecule has 6 rings (SSSR count). The molecule has 0 aromatic heterocycles. The van der Waals surface area contributed by atoms with Crippen molar-refractivity contribution in [2.45, 2.75) is 103 Å². The highest BCUT2D eigenvalue weighted by atomic mass is 79.9. The van der Waals surface area contributed by atoms with Gasteiger partial charge >= 0.3 is 0 Å². The molecule has 0 radical (unpaired) electrons. The van der Waals surface area contributed by atoms with Crippen molar-refractivity contribution < 1.29 is 19.2 Å². The molecule has 4 atom stereocenters. The Morgan fingerprint density at radius 2 is 1.06 bits per heavy atom. The first-order valence-electron chi connectivity index (χ1n) is 23.3. The molecule has 0 spiro atoms. The predicted molar refractivity (Wildman–Crippen MR) is 265 cm³/mol. The fourth-order valence-corrected chi connectivity index (χ4v) is 9.22. The second kappa shape index (κ2) is 25.5. The first-order chi connectivity index (χ1) is 30.9. The Morgan fingerprint density at radius 1 is 0.656 bits per heavy atom. The van der Waals surface area contributed by atoms with Crippen LogP contribution in [0.4, 0.5) is 0 Å². The van der Waals surface area contributed by atoms with Gasteiger partial charge < -0.3 is 42.5 Å². The first kappa shape index (κ1) is 50.9. The van der Waals surface area contributed by atoms with Gasteiger partial charge in [-0.3, -0.25) is 19.2 Å². The minimum absolute atomic E-state index is 0.0189. The molecule has 2 heterocycles. The van der Waals surface area contributed by atoms with Gasteiger partial charge in [0.1, 0.15) is 0 Å². The zero-order valence-corrected chi connectivity index (χ0v) is 40.5. The van der Waals surface area contributed by atoms with Crippen LogP contribution in [0.5, 0.6) is 0 Å². The van der Waals surface area contributed by atoms with Crippen LogP contribution in [0.2, 0.25) is 5.02 Å². The summed E-state index contributed by atoms with van der Waals surface area (Å²) < 4.78 is 1.02. The Morgan fingerprint density at radius 3 is 1.50 bits per heavy atom. The summed E-state index contributed by atoms with van der Waals surface area (Å²) in [7, 11) is 0. The fourth-order valence-electron chi connectivity index (χ4n) is 8.66. The van der Waals surface area contributed by atoms with Gasteiger partial charge in [-0.2, -0.15) is 0 Å². The number of nitrogens with zero attached hydrogens (tertiary/aromatic N) is 2. The maximum atomic E-state index is 13.1. The van der Waals surface area contributed by atoms with E-state index in [4.69, 9.17) is 23.1 Å². The second-order valence-electron chi connectivity index (χ2n) is 17.3. The average molecular weight is 963 g/mol. The lowest BCUT2D eigenvalue weighted by molar-refractivity contribution is -0.134. The van der Waals surface area contributed by atoms with Crippen molar-refractivity contribution in [1.29, 1.82) is 0 Å². The molecule has 12 nitrogen and oxygen atoms in total. The Hall–Kier alpha value is -4.11. The van der Waals surface area contributed by atoms with E-state index in [2.05, 4.69) is 64.9 Å². The van der Waals surface area contributed by atoms with Gasteiger partial charge in [0.25, 0.3) is 11.8 Å². The Kier molecular flexibility index (Phi) is 20.3. The summed E-state index contributed by atoms with van der Waals surface area (Å²) in [5, 5.41) is 17.8. The van der Waals surface area contributed by atoms with Crippen LogP contribution in [0.3, 0.4) is 0 Å². The molecule has 4 aromatic rings. The molecule has 0 bridgehead atoms. The summed E-state index contributed by atoms with van der Waals surface area (Å²) in [5.41, 5.74) is 12.8. The highest BCUT2D eigenvalue weighted by Crippen LogP contribution is 2.23. The van der Waals surface area contributed by atoms with Crippen LogP contribution in [0.1, 0.15) is 99.8 Å². The predicted octanol–water partition coefficient (Wildman–Crippen LogP) is 7.24. The molecule has 2 saturated heterocycles. The molecular formula is C50H70BrClN8O4. The first-order valence-corrected chi connectivity index (χ1v) is 24.5. The standard InChI is InChI=1S/C25H35BrN4O2.C25H35ClN4O2/c2*1-3-17(4-2)16-30-12-10-22(29-23(9-11-27)25(30)32)15-28-24(31)20-6-5-19-14-21(26)8-7-18(19)13-20/h2*5-8,13-14,17,22-23,29H,3-4,9-12,15-16,27H2,1-2H3,(H,28,31)/t2*22-,23-/m00/s1. The summed E-state index contributed by atoms with van der Waals surface area (Å²) in [5.74, 6) is 1.07. The summed E-state index contributed by atoms with van der Waals surface area (Å²) in [6.07, 6.45) is 7.05. The van der Waals surface area contributed by atoms with Crippen LogP contribution >= 0.6 is 27.5 Å². The zero-order valence-electron chi connectivity index (χ0n) is 38.1. The largest absolute Gasteiger partial charge is 0.350 e. The molecule has 2 fully saturated rings. The number of rotatable bonds is 18. The molecule has 0 saturated carbocycles. The highest BCUT2D eigenvalue weighted by Gasteiger charge is 2.33. The lowest BCUT2D eigenvalue weighted by atomic mass is 10.0. The molecule has 2 aliphatic heterocycles. The van der Waals surface area contributed by atoms with E-state index in [0.29, 0.717) is 80.1 Å². The number of nitrogens with one attached hydrogen (secondary N) is 4. The number of hydrogen-bond donors (Lipinski definition) is 6. The van der Waals surface area contributed by atoms with Crippen molar-refractivity contribution >= 4 is 72.7 Å². The maximum absolute atomic E-state index is 13.1. The van der Waals surface area contributed by atoms with E-state index in [1.54, 1.807) is 0 Å². The third kappa shape index (κ3) is 14.4. The van der Waals surface area contributed by atoms with E-state index in [-0.39, 0.29) is 47.8 Å². The zero-order chi connectivity index (χ0) is 46.2. The van der Waals surface area contributed by atoms with Gasteiger partial charge in [0.05, 0.1) is 12.1 Å². The van der Waals surface area contributed by atoms with Crippen LogP contribution in [0.15, 0.2) is 77.3 Å². The van der Waals surface area contributed by atoms with Gasteiger partial charge in [-0.05, 0) is 121 Å². The molecule has 348 valence electrons. The van der Waals surface area contributed by atoms with Gasteiger partial charge in [0, 0.05) is 72.0 Å². The van der Waals surface area contributed by atoms with Gasteiger partial charge in [-0.1, -0.05) is 105 Å². The minimum Gasteiger partial charge on any atom is -0.350 e. The quantitative estimate of drug-likeness (QED) is 0.0605. The van der Waals surface area contributed by atoms with E-state index >= 15 is 0 Å². The van der Waals surface area contributed by atoms with Crippen molar-refractivity contribution in [2.24, 2.45) is 23.3 Å². The van der Waals surface area contributed by atoms with E-state index in [1.807, 2.05) is 82.6 Å². The van der Waals surface area contributed by atoms with Crippen molar-refractivity contribution in [3.8, 4) is 0 Å². The van der Waals surface area contributed by atoms with Gasteiger partial charge in [0.15, 0.2) is 0 Å². The fraction of sp³-hybridized carbons (Fsp3) is 0.520. The number of amides is 4. The topological polar surface area (TPSA) is 175 Å². The maximum Gasteiger partial charge on any atom is 0.251 e. The van der Waals surface area contributed by atoms with Crippen molar-refractivity contribution in [2.75, 3.05) is 52.4 Å². The average Bonchev–Trinajstić information content (AvgIpc) is 3.54. The molecule has 0 aliphatic carbocycles. The summed E-state index contributed by atoms with van der Waals surface area (Å²) in [6, 6.07) is 22.4. The number of benzene rings is 4. The number of carbonyl (C=O) groups excluding carboxylic acids is 4. The molecule has 14 heteroatoms. The molecule has 8 N–H and O–H groups in total. The van der Waals surface area contributed by atoms with Crippen LogP contribution in [0, 0.1) is 11.8 Å². The number of nitrogens with two attached hydrogens (primary N) is 2. The molecule has 4 amide bonds. The third-order valence-electron chi connectivity index (χ3n) is 12.9.